The van der Waals surface area contributed by atoms with Crippen LogP contribution in [-0.2, 0) is 17.6 Å². The van der Waals surface area contributed by atoms with E-state index in [1.54, 1.807) is 11.3 Å². The standard InChI is InChI=1S/C28H38N2O2S/c1-19-29-23-12-11-22(16-25(23)33-19)30-26(31)9-8-14-32-24-13-10-20(17-27(2,3)4)15-21(24)18-28(5,6)7/h10-13,15-16H,8-9,14,17-18H2,1-7H3,(H,30,31). The Labute approximate surface area is 202 Å². The van der Waals surface area contributed by atoms with E-state index in [9.17, 15) is 4.79 Å². The Hall–Kier alpha value is -2.40. The lowest BCUT2D eigenvalue weighted by molar-refractivity contribution is -0.116. The second-order valence-corrected chi connectivity index (χ2v) is 12.6. The van der Waals surface area contributed by atoms with Crippen LogP contribution in [0.1, 0.15) is 70.5 Å². The molecule has 1 N–H and O–H groups in total. The zero-order valence-electron chi connectivity index (χ0n) is 21.2. The Morgan fingerprint density at radius 2 is 1.73 bits per heavy atom. The topological polar surface area (TPSA) is 51.2 Å². The fourth-order valence-corrected chi connectivity index (χ4v) is 4.83. The average Bonchev–Trinajstić information content (AvgIpc) is 3.03. The van der Waals surface area contributed by atoms with Gasteiger partial charge in [0.2, 0.25) is 5.91 Å². The van der Waals surface area contributed by atoms with Crippen molar-refractivity contribution in [1.82, 2.24) is 4.98 Å². The second-order valence-electron chi connectivity index (χ2n) is 11.3. The highest BCUT2D eigenvalue weighted by Gasteiger charge is 2.18. The molecule has 2 aromatic carbocycles. The summed E-state index contributed by atoms with van der Waals surface area (Å²) >= 11 is 1.64. The smallest absolute Gasteiger partial charge is 0.224 e. The summed E-state index contributed by atoms with van der Waals surface area (Å²) in [6, 6.07) is 12.4. The summed E-state index contributed by atoms with van der Waals surface area (Å²) in [6.07, 6.45) is 3.10. The van der Waals surface area contributed by atoms with Crippen LogP contribution in [0.2, 0.25) is 0 Å². The van der Waals surface area contributed by atoms with Crippen molar-refractivity contribution >= 4 is 33.1 Å². The highest BCUT2D eigenvalue weighted by Crippen LogP contribution is 2.31. The van der Waals surface area contributed by atoms with Gasteiger partial charge < -0.3 is 10.1 Å². The maximum Gasteiger partial charge on any atom is 0.224 e. The number of carbonyl (C=O) groups excluding carboxylic acids is 1. The van der Waals surface area contributed by atoms with E-state index >= 15 is 0 Å². The first-order valence-corrected chi connectivity index (χ1v) is 12.6. The van der Waals surface area contributed by atoms with Crippen molar-refractivity contribution in [2.45, 2.75) is 74.1 Å². The Balaban J connectivity index is 1.55. The Morgan fingerprint density at radius 3 is 2.42 bits per heavy atom. The van der Waals surface area contributed by atoms with Gasteiger partial charge in [0, 0.05) is 12.1 Å². The quantitative estimate of drug-likeness (QED) is 0.348. The van der Waals surface area contributed by atoms with Gasteiger partial charge in [-0.1, -0.05) is 53.7 Å². The number of thiazole rings is 1. The number of aromatic nitrogens is 1. The van der Waals surface area contributed by atoms with Crippen LogP contribution in [0.25, 0.3) is 10.2 Å². The molecule has 0 aliphatic rings. The first kappa shape index (κ1) is 25.2. The molecule has 0 aliphatic heterocycles. The predicted octanol–water partition coefficient (Wildman–Crippen LogP) is 7.58. The van der Waals surface area contributed by atoms with Crippen molar-refractivity contribution in [2.24, 2.45) is 10.8 Å². The van der Waals surface area contributed by atoms with E-state index in [1.807, 2.05) is 25.1 Å². The monoisotopic (exact) mass is 466 g/mol. The molecular weight excluding hydrogens is 428 g/mol. The molecule has 0 radical (unpaired) electrons. The van der Waals surface area contributed by atoms with Gasteiger partial charge in [-0.3, -0.25) is 4.79 Å². The van der Waals surface area contributed by atoms with Gasteiger partial charge in [-0.2, -0.15) is 0 Å². The summed E-state index contributed by atoms with van der Waals surface area (Å²) in [4.78, 5) is 16.9. The van der Waals surface area contributed by atoms with Gasteiger partial charge in [-0.25, -0.2) is 4.98 Å². The molecule has 33 heavy (non-hydrogen) atoms. The van der Waals surface area contributed by atoms with E-state index in [2.05, 4.69) is 70.0 Å². The third kappa shape index (κ3) is 8.15. The predicted molar refractivity (Wildman–Crippen MR) is 140 cm³/mol. The van der Waals surface area contributed by atoms with E-state index in [0.29, 0.717) is 19.4 Å². The van der Waals surface area contributed by atoms with Crippen LogP contribution in [0.4, 0.5) is 5.69 Å². The SMILES string of the molecule is Cc1nc2ccc(NC(=O)CCCOc3ccc(CC(C)(C)C)cc3CC(C)(C)C)cc2s1. The zero-order chi connectivity index (χ0) is 24.2. The minimum Gasteiger partial charge on any atom is -0.493 e. The van der Waals surface area contributed by atoms with Crippen LogP contribution >= 0.6 is 11.3 Å². The van der Waals surface area contributed by atoms with Gasteiger partial charge in [0.25, 0.3) is 0 Å². The van der Waals surface area contributed by atoms with Crippen molar-refractivity contribution in [3.8, 4) is 5.75 Å². The summed E-state index contributed by atoms with van der Waals surface area (Å²) in [7, 11) is 0. The first-order chi connectivity index (χ1) is 15.4. The summed E-state index contributed by atoms with van der Waals surface area (Å²) in [5.41, 5.74) is 4.82. The van der Waals surface area contributed by atoms with Crippen molar-refractivity contribution in [1.29, 1.82) is 0 Å². The zero-order valence-corrected chi connectivity index (χ0v) is 22.0. The molecule has 3 rings (SSSR count). The molecule has 178 valence electrons. The lowest BCUT2D eigenvalue weighted by atomic mass is 9.84. The molecule has 4 nitrogen and oxygen atoms in total. The molecule has 5 heteroatoms. The third-order valence-electron chi connectivity index (χ3n) is 5.17. The van der Waals surface area contributed by atoms with Crippen molar-refractivity contribution in [2.75, 3.05) is 11.9 Å². The largest absolute Gasteiger partial charge is 0.493 e. The van der Waals surface area contributed by atoms with Gasteiger partial charge in [0.05, 0.1) is 21.8 Å². The van der Waals surface area contributed by atoms with Crippen molar-refractivity contribution in [3.05, 3.63) is 52.5 Å². The van der Waals surface area contributed by atoms with E-state index in [0.717, 1.165) is 39.5 Å². The maximum atomic E-state index is 12.4. The Bertz CT molecular complexity index is 1100. The number of ether oxygens (including phenoxy) is 1. The van der Waals surface area contributed by atoms with Gasteiger partial charge in [-0.05, 0) is 72.4 Å². The van der Waals surface area contributed by atoms with Crippen molar-refractivity contribution in [3.63, 3.8) is 0 Å². The highest BCUT2D eigenvalue weighted by molar-refractivity contribution is 7.18. The number of fused-ring (bicyclic) bond motifs is 1. The minimum atomic E-state index is 0.00891. The minimum absolute atomic E-state index is 0.00891. The second kappa shape index (κ2) is 10.3. The molecular formula is C28H38N2O2S. The summed E-state index contributed by atoms with van der Waals surface area (Å²) in [5.74, 6) is 0.948. The fraction of sp³-hybridized carbons (Fsp3) is 0.500. The molecule has 0 saturated carbocycles. The molecule has 0 fully saturated rings. The molecule has 1 aromatic heterocycles. The maximum absolute atomic E-state index is 12.4. The van der Waals surface area contributed by atoms with Crippen LogP contribution in [0.3, 0.4) is 0 Å². The number of amides is 1. The molecule has 3 aromatic rings. The fourth-order valence-electron chi connectivity index (χ4n) is 3.96. The molecule has 0 aliphatic carbocycles. The highest BCUT2D eigenvalue weighted by atomic mass is 32.1. The van der Waals surface area contributed by atoms with Crippen LogP contribution in [-0.4, -0.2) is 17.5 Å². The van der Waals surface area contributed by atoms with Crippen LogP contribution in [0.15, 0.2) is 36.4 Å². The average molecular weight is 467 g/mol. The molecule has 1 amide bonds. The van der Waals surface area contributed by atoms with E-state index in [1.165, 1.54) is 11.1 Å². The lowest BCUT2D eigenvalue weighted by Gasteiger charge is -2.23. The third-order valence-corrected chi connectivity index (χ3v) is 6.10. The number of nitrogens with one attached hydrogen (secondary N) is 1. The van der Waals surface area contributed by atoms with E-state index in [4.69, 9.17) is 4.74 Å². The van der Waals surface area contributed by atoms with Crippen molar-refractivity contribution < 1.29 is 9.53 Å². The molecule has 0 saturated heterocycles. The van der Waals surface area contributed by atoms with Gasteiger partial charge in [-0.15, -0.1) is 11.3 Å². The number of hydrogen-bond donors (Lipinski definition) is 1. The number of hydrogen-bond acceptors (Lipinski definition) is 4. The van der Waals surface area contributed by atoms with Gasteiger partial charge in [0.1, 0.15) is 5.75 Å². The van der Waals surface area contributed by atoms with Gasteiger partial charge >= 0.3 is 0 Å². The molecule has 0 bridgehead atoms. The summed E-state index contributed by atoms with van der Waals surface area (Å²) in [5, 5.41) is 4.03. The number of rotatable bonds is 8. The molecule has 0 unspecified atom stereocenters. The number of carbonyl (C=O) groups is 1. The number of anilines is 1. The normalized spacial score (nSPS) is 12.2. The number of aryl methyl sites for hydroxylation is 1. The van der Waals surface area contributed by atoms with Crippen LogP contribution in [0, 0.1) is 17.8 Å². The summed E-state index contributed by atoms with van der Waals surface area (Å²) < 4.78 is 7.24. The van der Waals surface area contributed by atoms with E-state index in [-0.39, 0.29) is 16.7 Å². The Morgan fingerprint density at radius 1 is 1.00 bits per heavy atom. The van der Waals surface area contributed by atoms with Crippen LogP contribution in [0.5, 0.6) is 5.75 Å². The van der Waals surface area contributed by atoms with Gasteiger partial charge in [0.15, 0.2) is 0 Å². The first-order valence-electron chi connectivity index (χ1n) is 11.8. The molecule has 0 atom stereocenters. The number of nitrogens with zero attached hydrogens (tertiary/aromatic N) is 1. The molecule has 0 spiro atoms. The molecule has 1 heterocycles. The Kier molecular flexibility index (Phi) is 7.84. The van der Waals surface area contributed by atoms with Crippen LogP contribution < -0.4 is 10.1 Å². The van der Waals surface area contributed by atoms with E-state index < -0.39 is 0 Å². The summed E-state index contributed by atoms with van der Waals surface area (Å²) in [6.45, 7) is 16.1. The number of benzene rings is 2. The lowest BCUT2D eigenvalue weighted by Crippen LogP contribution is -2.14.